The molecular formula is C14H20N2O5S. The van der Waals surface area contributed by atoms with Gasteiger partial charge >= 0.3 is 5.97 Å². The summed E-state index contributed by atoms with van der Waals surface area (Å²) in [6.45, 7) is 3.52. The molecule has 122 valence electrons. The molecule has 0 unspecified atom stereocenters. The van der Waals surface area contributed by atoms with Crippen LogP contribution in [-0.2, 0) is 14.8 Å². The molecule has 0 aliphatic carbocycles. The lowest BCUT2D eigenvalue weighted by atomic mass is 10.2. The summed E-state index contributed by atoms with van der Waals surface area (Å²) in [4.78, 5) is 23.9. The predicted octanol–water partition coefficient (Wildman–Crippen LogP) is 0.920. The average molecular weight is 328 g/mol. The molecule has 0 fully saturated rings. The van der Waals surface area contributed by atoms with E-state index in [4.69, 9.17) is 5.11 Å². The van der Waals surface area contributed by atoms with Crippen LogP contribution in [0.15, 0.2) is 29.2 Å². The van der Waals surface area contributed by atoms with E-state index in [0.717, 1.165) is 0 Å². The van der Waals surface area contributed by atoms with E-state index in [0.29, 0.717) is 5.56 Å². The fraction of sp³-hybridized carbons (Fsp3) is 0.429. The highest BCUT2D eigenvalue weighted by Gasteiger charge is 2.17. The van der Waals surface area contributed by atoms with Crippen molar-refractivity contribution in [3.8, 4) is 0 Å². The molecule has 0 bridgehead atoms. The molecule has 1 rings (SSSR count). The maximum absolute atomic E-state index is 12.1. The molecule has 22 heavy (non-hydrogen) atoms. The number of rotatable bonds is 7. The predicted molar refractivity (Wildman–Crippen MR) is 81.1 cm³/mol. The van der Waals surface area contributed by atoms with Gasteiger partial charge in [-0.15, -0.1) is 0 Å². The number of hydrogen-bond donors (Lipinski definition) is 2. The average Bonchev–Trinajstić information content (AvgIpc) is 2.42. The Morgan fingerprint density at radius 1 is 1.23 bits per heavy atom. The number of nitrogens with zero attached hydrogens (tertiary/aromatic N) is 1. The van der Waals surface area contributed by atoms with Crippen molar-refractivity contribution in [2.75, 3.05) is 13.6 Å². The third-order valence-corrected chi connectivity index (χ3v) is 4.48. The smallest absolute Gasteiger partial charge is 0.305 e. The van der Waals surface area contributed by atoms with Crippen LogP contribution in [-0.4, -0.2) is 49.9 Å². The van der Waals surface area contributed by atoms with E-state index in [1.54, 1.807) is 13.8 Å². The SMILES string of the molecule is CC(C)NS(=O)(=O)c1ccc(C(=O)N(C)CCC(=O)O)cc1. The fourth-order valence-corrected chi connectivity index (χ4v) is 2.99. The van der Waals surface area contributed by atoms with Crippen molar-refractivity contribution in [3.05, 3.63) is 29.8 Å². The molecule has 0 heterocycles. The number of carbonyl (C=O) groups is 2. The lowest BCUT2D eigenvalue weighted by molar-refractivity contribution is -0.137. The molecule has 0 spiro atoms. The summed E-state index contributed by atoms with van der Waals surface area (Å²) in [5.41, 5.74) is 0.302. The van der Waals surface area contributed by atoms with Crippen molar-refractivity contribution in [1.82, 2.24) is 9.62 Å². The van der Waals surface area contributed by atoms with Gasteiger partial charge in [-0.25, -0.2) is 13.1 Å². The van der Waals surface area contributed by atoms with Gasteiger partial charge in [-0.05, 0) is 38.1 Å². The fourth-order valence-electron chi connectivity index (χ4n) is 1.74. The molecule has 1 aromatic rings. The van der Waals surface area contributed by atoms with Crippen LogP contribution in [0.1, 0.15) is 30.6 Å². The van der Waals surface area contributed by atoms with Gasteiger partial charge in [0.1, 0.15) is 0 Å². The molecular weight excluding hydrogens is 308 g/mol. The number of carboxylic acids is 1. The number of amides is 1. The summed E-state index contributed by atoms with van der Waals surface area (Å²) in [6, 6.07) is 5.29. The van der Waals surface area contributed by atoms with Gasteiger partial charge in [0.15, 0.2) is 0 Å². The normalized spacial score (nSPS) is 11.5. The van der Waals surface area contributed by atoms with E-state index in [-0.39, 0.29) is 29.8 Å². The van der Waals surface area contributed by atoms with Crippen molar-refractivity contribution in [3.63, 3.8) is 0 Å². The molecule has 1 amide bonds. The van der Waals surface area contributed by atoms with Gasteiger partial charge in [-0.1, -0.05) is 0 Å². The zero-order chi connectivity index (χ0) is 16.9. The van der Waals surface area contributed by atoms with Crippen LogP contribution in [0.5, 0.6) is 0 Å². The van der Waals surface area contributed by atoms with Gasteiger partial charge in [0.05, 0.1) is 11.3 Å². The van der Waals surface area contributed by atoms with Gasteiger partial charge in [0.2, 0.25) is 10.0 Å². The monoisotopic (exact) mass is 328 g/mol. The Balaban J connectivity index is 2.84. The lowest BCUT2D eigenvalue weighted by Crippen LogP contribution is -2.30. The Kier molecular flexibility index (Phi) is 6.07. The van der Waals surface area contributed by atoms with E-state index in [1.165, 1.54) is 36.2 Å². The van der Waals surface area contributed by atoms with Crippen LogP contribution in [0.25, 0.3) is 0 Å². The first kappa shape index (κ1) is 18.1. The second kappa shape index (κ2) is 7.37. The zero-order valence-electron chi connectivity index (χ0n) is 12.7. The van der Waals surface area contributed by atoms with Crippen LogP contribution in [0.3, 0.4) is 0 Å². The number of carbonyl (C=O) groups excluding carboxylic acids is 1. The molecule has 8 heteroatoms. The van der Waals surface area contributed by atoms with Crippen LogP contribution in [0.4, 0.5) is 0 Å². The lowest BCUT2D eigenvalue weighted by Gasteiger charge is -2.16. The second-order valence-electron chi connectivity index (χ2n) is 5.17. The van der Waals surface area contributed by atoms with E-state index in [2.05, 4.69) is 4.72 Å². The number of nitrogens with one attached hydrogen (secondary N) is 1. The summed E-state index contributed by atoms with van der Waals surface area (Å²) in [5, 5.41) is 8.60. The molecule has 0 saturated carbocycles. The minimum absolute atomic E-state index is 0.0749. The van der Waals surface area contributed by atoms with Crippen LogP contribution >= 0.6 is 0 Å². The summed E-state index contributed by atoms with van der Waals surface area (Å²) in [6.07, 6.45) is -0.146. The van der Waals surface area contributed by atoms with Crippen LogP contribution in [0, 0.1) is 0 Å². The molecule has 2 N–H and O–H groups in total. The quantitative estimate of drug-likeness (QED) is 0.774. The number of benzene rings is 1. The largest absolute Gasteiger partial charge is 0.481 e. The molecule has 0 aromatic heterocycles. The first-order chi connectivity index (χ1) is 10.1. The Morgan fingerprint density at radius 3 is 2.23 bits per heavy atom. The third kappa shape index (κ3) is 5.12. The van der Waals surface area contributed by atoms with Gasteiger partial charge in [-0.2, -0.15) is 0 Å². The van der Waals surface area contributed by atoms with Crippen LogP contribution in [0.2, 0.25) is 0 Å². The minimum atomic E-state index is -3.60. The van der Waals surface area contributed by atoms with Crippen molar-refractivity contribution >= 4 is 21.9 Å². The Hall–Kier alpha value is -1.93. The number of aliphatic carboxylic acids is 1. The zero-order valence-corrected chi connectivity index (χ0v) is 13.6. The van der Waals surface area contributed by atoms with E-state index >= 15 is 0 Å². The molecule has 0 aliphatic heterocycles. The summed E-state index contributed by atoms with van der Waals surface area (Å²) in [7, 11) is -2.10. The summed E-state index contributed by atoms with van der Waals surface area (Å²) >= 11 is 0. The second-order valence-corrected chi connectivity index (χ2v) is 6.88. The molecule has 0 aliphatic rings. The highest BCUT2D eigenvalue weighted by Crippen LogP contribution is 2.12. The standard InChI is InChI=1S/C14H20N2O5S/c1-10(2)15-22(20,21)12-6-4-11(5-7-12)14(19)16(3)9-8-13(17)18/h4-7,10,15H,8-9H2,1-3H3,(H,17,18). The number of sulfonamides is 1. The summed E-state index contributed by atoms with van der Waals surface area (Å²) < 4.78 is 26.4. The van der Waals surface area contributed by atoms with Crippen molar-refractivity contribution < 1.29 is 23.1 Å². The first-order valence-electron chi connectivity index (χ1n) is 6.73. The van der Waals surface area contributed by atoms with E-state index in [1.807, 2.05) is 0 Å². The maximum atomic E-state index is 12.1. The first-order valence-corrected chi connectivity index (χ1v) is 8.21. The van der Waals surface area contributed by atoms with Crippen LogP contribution < -0.4 is 4.72 Å². The van der Waals surface area contributed by atoms with Crippen molar-refractivity contribution in [2.24, 2.45) is 0 Å². The highest BCUT2D eigenvalue weighted by atomic mass is 32.2. The van der Waals surface area contributed by atoms with Gasteiger partial charge in [0.25, 0.3) is 5.91 Å². The molecule has 0 atom stereocenters. The van der Waals surface area contributed by atoms with E-state index in [9.17, 15) is 18.0 Å². The Morgan fingerprint density at radius 2 is 1.77 bits per heavy atom. The van der Waals surface area contributed by atoms with Crippen molar-refractivity contribution in [2.45, 2.75) is 31.2 Å². The summed E-state index contributed by atoms with van der Waals surface area (Å²) in [5.74, 6) is -1.34. The number of hydrogen-bond acceptors (Lipinski definition) is 4. The van der Waals surface area contributed by atoms with Gasteiger partial charge < -0.3 is 10.0 Å². The molecule has 0 saturated heterocycles. The minimum Gasteiger partial charge on any atom is -0.481 e. The van der Waals surface area contributed by atoms with E-state index < -0.39 is 16.0 Å². The molecule has 1 aromatic carbocycles. The van der Waals surface area contributed by atoms with Crippen molar-refractivity contribution in [1.29, 1.82) is 0 Å². The maximum Gasteiger partial charge on any atom is 0.305 e. The Labute approximate surface area is 130 Å². The molecule has 0 radical (unpaired) electrons. The van der Waals surface area contributed by atoms with Gasteiger partial charge in [-0.3, -0.25) is 9.59 Å². The topological polar surface area (TPSA) is 104 Å². The highest BCUT2D eigenvalue weighted by molar-refractivity contribution is 7.89. The Bertz CT molecular complexity index is 638. The number of carboxylic acid groups (broad SMARTS) is 1. The van der Waals surface area contributed by atoms with Gasteiger partial charge in [0, 0.05) is 25.2 Å². The third-order valence-electron chi connectivity index (χ3n) is 2.81. The molecule has 7 nitrogen and oxygen atoms in total.